The Labute approximate surface area is 97.0 Å². The maximum Gasteiger partial charge on any atom is 0.119 e. The molecule has 0 amide bonds. The normalized spacial score (nSPS) is 10.1. The highest BCUT2D eigenvalue weighted by Crippen LogP contribution is 2.17. The van der Waals surface area contributed by atoms with E-state index in [0.29, 0.717) is 13.2 Å². The molecular weight excluding hydrogens is 204 g/mol. The summed E-state index contributed by atoms with van der Waals surface area (Å²) >= 11 is 0. The van der Waals surface area contributed by atoms with Gasteiger partial charge in [-0.1, -0.05) is 0 Å². The summed E-state index contributed by atoms with van der Waals surface area (Å²) in [5.74, 6) is 1.74. The number of benzene rings is 1. The van der Waals surface area contributed by atoms with E-state index in [1.165, 1.54) is 0 Å². The van der Waals surface area contributed by atoms with E-state index in [1.54, 1.807) is 0 Å². The number of rotatable bonds is 8. The van der Waals surface area contributed by atoms with Gasteiger partial charge >= 0.3 is 0 Å². The van der Waals surface area contributed by atoms with E-state index in [9.17, 15) is 0 Å². The van der Waals surface area contributed by atoms with E-state index >= 15 is 0 Å². The summed E-state index contributed by atoms with van der Waals surface area (Å²) in [5, 5.41) is 8.61. The number of aliphatic hydroxyl groups excluding tert-OH is 1. The molecule has 0 radical (unpaired) electrons. The predicted octanol–water partition coefficient (Wildman–Crippen LogP) is 2.63. The number of aliphatic hydroxyl groups is 1. The third-order valence-corrected chi connectivity index (χ3v) is 2.21. The van der Waals surface area contributed by atoms with Gasteiger partial charge in [-0.3, -0.25) is 0 Å². The first-order valence-corrected chi connectivity index (χ1v) is 5.83. The Bertz CT molecular complexity index is 269. The van der Waals surface area contributed by atoms with E-state index in [4.69, 9.17) is 14.6 Å². The van der Waals surface area contributed by atoms with Crippen LogP contribution in [0, 0.1) is 0 Å². The van der Waals surface area contributed by atoms with Crippen LogP contribution in [0.5, 0.6) is 11.5 Å². The molecule has 3 heteroatoms. The average molecular weight is 224 g/mol. The number of unbranched alkanes of at least 4 members (excludes halogenated alkanes) is 2. The predicted molar refractivity (Wildman–Crippen MR) is 64.0 cm³/mol. The molecule has 16 heavy (non-hydrogen) atoms. The van der Waals surface area contributed by atoms with Gasteiger partial charge in [-0.05, 0) is 50.5 Å². The zero-order chi connectivity index (χ0) is 11.6. The lowest BCUT2D eigenvalue weighted by Crippen LogP contribution is -1.98. The summed E-state index contributed by atoms with van der Waals surface area (Å²) in [4.78, 5) is 0. The zero-order valence-electron chi connectivity index (χ0n) is 9.82. The van der Waals surface area contributed by atoms with Crippen LogP contribution in [0.2, 0.25) is 0 Å². The lowest BCUT2D eigenvalue weighted by Gasteiger charge is -2.07. The average Bonchev–Trinajstić information content (AvgIpc) is 2.31. The van der Waals surface area contributed by atoms with Crippen LogP contribution in [0.1, 0.15) is 26.2 Å². The third-order valence-electron chi connectivity index (χ3n) is 2.21. The molecule has 1 aromatic rings. The second kappa shape index (κ2) is 7.99. The standard InChI is InChI=1S/C13H20O3/c1-2-15-12-6-8-13(9-7-12)16-11-5-3-4-10-14/h6-9,14H,2-5,10-11H2,1H3. The van der Waals surface area contributed by atoms with Crippen LogP contribution in [0.4, 0.5) is 0 Å². The van der Waals surface area contributed by atoms with Gasteiger partial charge < -0.3 is 14.6 Å². The fourth-order valence-corrected chi connectivity index (χ4v) is 1.38. The van der Waals surface area contributed by atoms with Crippen LogP contribution < -0.4 is 9.47 Å². The molecule has 0 heterocycles. The minimum absolute atomic E-state index is 0.267. The molecule has 0 fully saturated rings. The van der Waals surface area contributed by atoms with Gasteiger partial charge in [0.2, 0.25) is 0 Å². The van der Waals surface area contributed by atoms with Gasteiger partial charge in [0.25, 0.3) is 0 Å². The summed E-state index contributed by atoms with van der Waals surface area (Å²) in [6, 6.07) is 7.65. The first-order chi connectivity index (χ1) is 7.86. The molecule has 1 N–H and O–H groups in total. The smallest absolute Gasteiger partial charge is 0.119 e. The van der Waals surface area contributed by atoms with Crippen LogP contribution >= 0.6 is 0 Å². The van der Waals surface area contributed by atoms with Crippen LogP contribution in [-0.4, -0.2) is 24.9 Å². The highest BCUT2D eigenvalue weighted by Gasteiger charge is 1.95. The first kappa shape index (κ1) is 12.8. The second-order valence-electron chi connectivity index (χ2n) is 3.54. The third kappa shape index (κ3) is 5.03. The Morgan fingerprint density at radius 1 is 0.938 bits per heavy atom. The molecule has 0 aliphatic rings. The molecule has 90 valence electrons. The van der Waals surface area contributed by atoms with Crippen LogP contribution in [0.25, 0.3) is 0 Å². The molecular formula is C13H20O3. The fraction of sp³-hybridized carbons (Fsp3) is 0.538. The van der Waals surface area contributed by atoms with E-state index in [0.717, 1.165) is 30.8 Å². The SMILES string of the molecule is CCOc1ccc(OCCCCCO)cc1. The van der Waals surface area contributed by atoms with Gasteiger partial charge in [-0.25, -0.2) is 0 Å². The first-order valence-electron chi connectivity index (χ1n) is 5.83. The van der Waals surface area contributed by atoms with E-state index in [-0.39, 0.29) is 6.61 Å². The minimum Gasteiger partial charge on any atom is -0.494 e. The van der Waals surface area contributed by atoms with Crippen molar-refractivity contribution in [3.05, 3.63) is 24.3 Å². The van der Waals surface area contributed by atoms with E-state index < -0.39 is 0 Å². The summed E-state index contributed by atoms with van der Waals surface area (Å²) in [7, 11) is 0. The Morgan fingerprint density at radius 2 is 1.56 bits per heavy atom. The molecule has 1 aromatic carbocycles. The molecule has 1 rings (SSSR count). The maximum absolute atomic E-state index is 8.61. The lowest BCUT2D eigenvalue weighted by molar-refractivity contribution is 0.266. The molecule has 0 unspecified atom stereocenters. The number of hydrogen-bond acceptors (Lipinski definition) is 3. The lowest BCUT2D eigenvalue weighted by atomic mass is 10.2. The molecule has 0 aromatic heterocycles. The van der Waals surface area contributed by atoms with Crippen molar-refractivity contribution in [3.8, 4) is 11.5 Å². The zero-order valence-corrected chi connectivity index (χ0v) is 9.82. The molecule has 0 aliphatic carbocycles. The van der Waals surface area contributed by atoms with E-state index in [2.05, 4.69) is 0 Å². The van der Waals surface area contributed by atoms with Crippen molar-refractivity contribution in [3.63, 3.8) is 0 Å². The van der Waals surface area contributed by atoms with Crippen molar-refractivity contribution in [2.75, 3.05) is 19.8 Å². The van der Waals surface area contributed by atoms with Crippen LogP contribution in [0.3, 0.4) is 0 Å². The molecule has 3 nitrogen and oxygen atoms in total. The summed E-state index contributed by atoms with van der Waals surface area (Å²) in [6.45, 7) is 3.62. The molecule has 0 bridgehead atoms. The van der Waals surface area contributed by atoms with Crippen molar-refractivity contribution >= 4 is 0 Å². The quantitative estimate of drug-likeness (QED) is 0.690. The Hall–Kier alpha value is -1.22. The van der Waals surface area contributed by atoms with Gasteiger partial charge in [0.05, 0.1) is 13.2 Å². The van der Waals surface area contributed by atoms with Crippen LogP contribution in [-0.2, 0) is 0 Å². The number of hydrogen-bond donors (Lipinski definition) is 1. The Kier molecular flexibility index (Phi) is 6.42. The van der Waals surface area contributed by atoms with Crippen molar-refractivity contribution in [2.45, 2.75) is 26.2 Å². The fourth-order valence-electron chi connectivity index (χ4n) is 1.38. The molecule has 0 saturated heterocycles. The van der Waals surface area contributed by atoms with Gasteiger partial charge in [-0.15, -0.1) is 0 Å². The summed E-state index contributed by atoms with van der Waals surface area (Å²) in [6.07, 6.45) is 2.84. The highest BCUT2D eigenvalue weighted by molar-refractivity contribution is 5.31. The van der Waals surface area contributed by atoms with Crippen molar-refractivity contribution < 1.29 is 14.6 Å². The van der Waals surface area contributed by atoms with Crippen molar-refractivity contribution in [1.82, 2.24) is 0 Å². The maximum atomic E-state index is 8.61. The minimum atomic E-state index is 0.267. The van der Waals surface area contributed by atoms with Crippen LogP contribution in [0.15, 0.2) is 24.3 Å². The molecule has 0 aliphatic heterocycles. The van der Waals surface area contributed by atoms with Crippen molar-refractivity contribution in [2.24, 2.45) is 0 Å². The largest absolute Gasteiger partial charge is 0.494 e. The summed E-state index contributed by atoms with van der Waals surface area (Å²) in [5.41, 5.74) is 0. The van der Waals surface area contributed by atoms with Gasteiger partial charge in [-0.2, -0.15) is 0 Å². The molecule has 0 saturated carbocycles. The monoisotopic (exact) mass is 224 g/mol. The Morgan fingerprint density at radius 3 is 2.12 bits per heavy atom. The Balaban J connectivity index is 2.21. The molecule has 0 spiro atoms. The van der Waals surface area contributed by atoms with Crippen molar-refractivity contribution in [1.29, 1.82) is 0 Å². The highest BCUT2D eigenvalue weighted by atomic mass is 16.5. The van der Waals surface area contributed by atoms with Gasteiger partial charge in [0.15, 0.2) is 0 Å². The topological polar surface area (TPSA) is 38.7 Å². The van der Waals surface area contributed by atoms with Gasteiger partial charge in [0, 0.05) is 6.61 Å². The number of ether oxygens (including phenoxy) is 2. The second-order valence-corrected chi connectivity index (χ2v) is 3.54. The molecule has 0 atom stereocenters. The van der Waals surface area contributed by atoms with E-state index in [1.807, 2.05) is 31.2 Å². The van der Waals surface area contributed by atoms with Gasteiger partial charge in [0.1, 0.15) is 11.5 Å². The summed E-state index contributed by atoms with van der Waals surface area (Å²) < 4.78 is 10.9.